The van der Waals surface area contributed by atoms with Crippen LogP contribution in [0.5, 0.6) is 0 Å². The zero-order valence-electron chi connectivity index (χ0n) is 7.57. The van der Waals surface area contributed by atoms with Gasteiger partial charge in [0.15, 0.2) is 0 Å². The number of hydrogen-bond acceptors (Lipinski definition) is 3. The van der Waals surface area contributed by atoms with E-state index in [4.69, 9.17) is 11.6 Å². The predicted octanol–water partition coefficient (Wildman–Crippen LogP) is 4.04. The van der Waals surface area contributed by atoms with Gasteiger partial charge in [-0.3, -0.25) is 0 Å². The monoisotopic (exact) mass is 243 g/mol. The topological polar surface area (TPSA) is 12.9 Å². The molecule has 2 aromatic heterocycles. The first kappa shape index (κ1) is 10.1. The Morgan fingerprint density at radius 1 is 1.36 bits per heavy atom. The predicted molar refractivity (Wildman–Crippen MR) is 64.5 cm³/mol. The molecular weight excluding hydrogens is 234 g/mol. The van der Waals surface area contributed by atoms with Crippen LogP contribution in [0.15, 0.2) is 22.9 Å². The number of halogens is 1. The number of thiazole rings is 1. The van der Waals surface area contributed by atoms with Crippen LogP contribution < -0.4 is 0 Å². The van der Waals surface area contributed by atoms with Gasteiger partial charge in [0.1, 0.15) is 5.01 Å². The highest BCUT2D eigenvalue weighted by Crippen LogP contribution is 2.27. The Morgan fingerprint density at radius 2 is 2.29 bits per heavy atom. The van der Waals surface area contributed by atoms with Crippen molar-refractivity contribution in [3.63, 3.8) is 0 Å². The molecule has 0 amide bonds. The molecule has 0 aliphatic rings. The van der Waals surface area contributed by atoms with Crippen LogP contribution in [0.25, 0.3) is 9.88 Å². The lowest BCUT2D eigenvalue weighted by atomic mass is 10.3. The largest absolute Gasteiger partial charge is 0.240 e. The number of nitrogens with zero attached hydrogens (tertiary/aromatic N) is 1. The summed E-state index contributed by atoms with van der Waals surface area (Å²) < 4.78 is 0. The van der Waals surface area contributed by atoms with Gasteiger partial charge in [-0.25, -0.2) is 4.98 Å². The molecule has 0 bridgehead atoms. The SMILES string of the molecule is ClCCCc1csc(-c2cccs2)n1. The Labute approximate surface area is 96.4 Å². The number of hydrogen-bond donors (Lipinski definition) is 0. The van der Waals surface area contributed by atoms with Crippen molar-refractivity contribution in [3.8, 4) is 9.88 Å². The van der Waals surface area contributed by atoms with Crippen LogP contribution in [0.4, 0.5) is 0 Å². The number of aromatic nitrogens is 1. The summed E-state index contributed by atoms with van der Waals surface area (Å²) >= 11 is 9.08. The molecule has 0 saturated carbocycles. The first-order chi connectivity index (χ1) is 6.90. The Bertz CT molecular complexity index is 380. The summed E-state index contributed by atoms with van der Waals surface area (Å²) in [5.74, 6) is 0.714. The molecule has 0 saturated heterocycles. The second kappa shape index (κ2) is 4.91. The molecule has 0 aliphatic carbocycles. The first-order valence-corrected chi connectivity index (χ1v) is 6.74. The summed E-state index contributed by atoms with van der Waals surface area (Å²) in [6, 6.07) is 4.16. The van der Waals surface area contributed by atoms with Crippen LogP contribution in [0.2, 0.25) is 0 Å². The Balaban J connectivity index is 2.10. The molecule has 0 unspecified atom stereocenters. The highest BCUT2D eigenvalue weighted by Gasteiger charge is 2.04. The standard InChI is InChI=1S/C10H10ClNS2/c11-5-1-3-8-7-14-10(12-8)9-4-2-6-13-9/h2,4,6-7H,1,3,5H2. The fourth-order valence-corrected chi connectivity index (χ4v) is 2.99. The third-order valence-corrected chi connectivity index (χ3v) is 4.05. The van der Waals surface area contributed by atoms with Gasteiger partial charge in [-0.1, -0.05) is 6.07 Å². The molecule has 2 aromatic rings. The maximum atomic E-state index is 5.64. The van der Waals surface area contributed by atoms with E-state index in [1.807, 2.05) is 0 Å². The molecule has 74 valence electrons. The minimum absolute atomic E-state index is 0.714. The van der Waals surface area contributed by atoms with E-state index in [1.165, 1.54) is 10.6 Å². The molecule has 0 radical (unpaired) electrons. The molecule has 0 aromatic carbocycles. The Kier molecular flexibility index (Phi) is 3.56. The van der Waals surface area contributed by atoms with Gasteiger partial charge in [-0.05, 0) is 24.3 Å². The smallest absolute Gasteiger partial charge is 0.133 e. The normalized spacial score (nSPS) is 10.6. The van der Waals surface area contributed by atoms with Crippen molar-refractivity contribution in [2.24, 2.45) is 0 Å². The quantitative estimate of drug-likeness (QED) is 0.739. The lowest BCUT2D eigenvalue weighted by Gasteiger charge is -1.90. The van der Waals surface area contributed by atoms with Crippen molar-refractivity contribution >= 4 is 34.3 Å². The lowest BCUT2D eigenvalue weighted by molar-refractivity contribution is 0.900. The lowest BCUT2D eigenvalue weighted by Crippen LogP contribution is -1.85. The van der Waals surface area contributed by atoms with E-state index in [-0.39, 0.29) is 0 Å². The highest BCUT2D eigenvalue weighted by atomic mass is 35.5. The summed E-state index contributed by atoms with van der Waals surface area (Å²) in [6.45, 7) is 0. The number of thiophene rings is 1. The minimum Gasteiger partial charge on any atom is -0.240 e. The van der Waals surface area contributed by atoms with Gasteiger partial charge in [0.25, 0.3) is 0 Å². The van der Waals surface area contributed by atoms with Crippen molar-refractivity contribution in [1.82, 2.24) is 4.98 Å². The van der Waals surface area contributed by atoms with Crippen LogP contribution >= 0.6 is 34.3 Å². The molecule has 0 aliphatic heterocycles. The second-order valence-corrected chi connectivity index (χ2v) is 5.10. The zero-order valence-corrected chi connectivity index (χ0v) is 9.96. The molecule has 2 rings (SSSR count). The fourth-order valence-electron chi connectivity index (χ4n) is 1.18. The Morgan fingerprint density at radius 3 is 3.00 bits per heavy atom. The maximum absolute atomic E-state index is 5.64. The summed E-state index contributed by atoms with van der Waals surface area (Å²) in [7, 11) is 0. The molecular formula is C10H10ClNS2. The summed E-state index contributed by atoms with van der Waals surface area (Å²) in [5.41, 5.74) is 1.17. The van der Waals surface area contributed by atoms with Gasteiger partial charge < -0.3 is 0 Å². The molecule has 0 spiro atoms. The number of alkyl halides is 1. The summed E-state index contributed by atoms with van der Waals surface area (Å²) in [4.78, 5) is 5.82. The second-order valence-electron chi connectivity index (χ2n) is 2.91. The van der Waals surface area contributed by atoms with Gasteiger partial charge in [0.05, 0.1) is 10.6 Å². The molecule has 0 fully saturated rings. The summed E-state index contributed by atoms with van der Waals surface area (Å²) in [5, 5.41) is 5.33. The average Bonchev–Trinajstić information content (AvgIpc) is 2.85. The third-order valence-electron chi connectivity index (χ3n) is 1.85. The van der Waals surface area contributed by atoms with E-state index >= 15 is 0 Å². The first-order valence-electron chi connectivity index (χ1n) is 4.44. The van der Waals surface area contributed by atoms with Crippen LogP contribution in [0.3, 0.4) is 0 Å². The van der Waals surface area contributed by atoms with Gasteiger partial charge >= 0.3 is 0 Å². The Hall–Kier alpha value is -0.380. The zero-order chi connectivity index (χ0) is 9.80. The van der Waals surface area contributed by atoms with Gasteiger partial charge in [0, 0.05) is 11.3 Å². The molecule has 0 N–H and O–H groups in total. The molecule has 1 nitrogen and oxygen atoms in total. The van der Waals surface area contributed by atoms with Crippen LogP contribution in [-0.4, -0.2) is 10.9 Å². The number of aryl methyl sites for hydroxylation is 1. The molecule has 4 heteroatoms. The van der Waals surface area contributed by atoms with E-state index in [9.17, 15) is 0 Å². The van der Waals surface area contributed by atoms with Crippen LogP contribution in [0, 0.1) is 0 Å². The van der Waals surface area contributed by atoms with Gasteiger partial charge in [0.2, 0.25) is 0 Å². The maximum Gasteiger partial charge on any atom is 0.133 e. The van der Waals surface area contributed by atoms with Crippen molar-refractivity contribution < 1.29 is 0 Å². The van der Waals surface area contributed by atoms with Crippen molar-refractivity contribution in [2.45, 2.75) is 12.8 Å². The van der Waals surface area contributed by atoms with Crippen LogP contribution in [-0.2, 0) is 6.42 Å². The summed E-state index contributed by atoms with van der Waals surface area (Å²) in [6.07, 6.45) is 2.00. The van der Waals surface area contributed by atoms with E-state index < -0.39 is 0 Å². The van der Waals surface area contributed by atoms with Crippen molar-refractivity contribution in [3.05, 3.63) is 28.6 Å². The van der Waals surface area contributed by atoms with E-state index in [1.54, 1.807) is 22.7 Å². The van der Waals surface area contributed by atoms with Gasteiger partial charge in [-0.2, -0.15) is 0 Å². The molecule has 0 atom stereocenters. The van der Waals surface area contributed by atoms with Crippen molar-refractivity contribution in [1.29, 1.82) is 0 Å². The number of rotatable bonds is 4. The average molecular weight is 244 g/mol. The van der Waals surface area contributed by atoms with Crippen LogP contribution in [0.1, 0.15) is 12.1 Å². The highest BCUT2D eigenvalue weighted by molar-refractivity contribution is 7.20. The minimum atomic E-state index is 0.714. The van der Waals surface area contributed by atoms with Crippen molar-refractivity contribution in [2.75, 3.05) is 5.88 Å². The van der Waals surface area contributed by atoms with E-state index in [0.717, 1.165) is 17.8 Å². The van der Waals surface area contributed by atoms with Gasteiger partial charge in [-0.15, -0.1) is 34.3 Å². The third kappa shape index (κ3) is 2.35. The molecule has 2 heterocycles. The van der Waals surface area contributed by atoms with E-state index in [2.05, 4.69) is 27.9 Å². The fraction of sp³-hybridized carbons (Fsp3) is 0.300. The van der Waals surface area contributed by atoms with E-state index in [0.29, 0.717) is 5.88 Å². The molecule has 14 heavy (non-hydrogen) atoms.